The number of aliphatic imine (C=N–C) groups is 1. The average Bonchev–Trinajstić information content (AvgIpc) is 2.77. The number of hydrogen-bond donors (Lipinski definition) is 2. The van der Waals surface area contributed by atoms with Crippen molar-refractivity contribution in [2.45, 2.75) is 59.4 Å². The maximum Gasteiger partial charge on any atom is 0.225 e. The van der Waals surface area contributed by atoms with Gasteiger partial charge in [-0.05, 0) is 57.2 Å². The Kier molecular flexibility index (Phi) is 10.5. The Labute approximate surface area is 187 Å². The molecule has 0 bridgehead atoms. The van der Waals surface area contributed by atoms with E-state index in [4.69, 9.17) is 14.5 Å². The number of nitrogens with zero attached hydrogens (tertiary/aromatic N) is 2. The molecule has 1 saturated heterocycles. The third-order valence-corrected chi connectivity index (χ3v) is 5.41. The van der Waals surface area contributed by atoms with Crippen LogP contribution in [-0.2, 0) is 11.2 Å². The smallest absolute Gasteiger partial charge is 0.225 e. The molecule has 0 aliphatic carbocycles. The number of rotatable bonds is 10. The molecule has 2 N–H and O–H groups in total. The molecule has 0 spiro atoms. The molecule has 1 aromatic rings. The van der Waals surface area contributed by atoms with Crippen LogP contribution in [0.5, 0.6) is 11.5 Å². The van der Waals surface area contributed by atoms with E-state index >= 15 is 0 Å². The first-order valence-corrected chi connectivity index (χ1v) is 11.6. The second kappa shape index (κ2) is 13.1. The van der Waals surface area contributed by atoms with E-state index in [9.17, 15) is 4.79 Å². The highest BCUT2D eigenvalue weighted by Crippen LogP contribution is 2.28. The lowest BCUT2D eigenvalue weighted by Crippen LogP contribution is -2.50. The van der Waals surface area contributed by atoms with Gasteiger partial charge in [-0.25, -0.2) is 0 Å². The van der Waals surface area contributed by atoms with Gasteiger partial charge in [-0.1, -0.05) is 19.9 Å². The Morgan fingerprint density at radius 2 is 1.97 bits per heavy atom. The molecule has 1 heterocycles. The number of benzene rings is 1. The SMILES string of the molecule is CCNC(=NCCCc1ccc(OC)c(OCC)c1)NC1CCN(C(=O)C(C)C)CC1. The van der Waals surface area contributed by atoms with E-state index in [-0.39, 0.29) is 11.8 Å². The number of piperidine rings is 1. The monoisotopic (exact) mass is 432 g/mol. The Balaban J connectivity index is 1.82. The van der Waals surface area contributed by atoms with Crippen molar-refractivity contribution < 1.29 is 14.3 Å². The Morgan fingerprint density at radius 3 is 2.58 bits per heavy atom. The molecule has 31 heavy (non-hydrogen) atoms. The molecule has 1 aliphatic heterocycles. The summed E-state index contributed by atoms with van der Waals surface area (Å²) in [6, 6.07) is 6.46. The molecule has 0 unspecified atom stereocenters. The quantitative estimate of drug-likeness (QED) is 0.337. The standard InChI is InChI=1S/C24H40N4O3/c1-6-25-24(27-20-12-15-28(16-13-20)23(29)18(3)4)26-14-8-9-19-10-11-21(30-5)22(17-19)31-7-2/h10-11,17-18,20H,6-9,12-16H2,1-5H3,(H2,25,26,27). The summed E-state index contributed by atoms with van der Waals surface area (Å²) in [7, 11) is 1.66. The molecule has 0 atom stereocenters. The van der Waals surface area contributed by atoms with Crippen LogP contribution in [0, 0.1) is 5.92 Å². The molecule has 7 nitrogen and oxygen atoms in total. The van der Waals surface area contributed by atoms with Crippen LogP contribution in [0.15, 0.2) is 23.2 Å². The minimum Gasteiger partial charge on any atom is -0.493 e. The second-order valence-corrected chi connectivity index (χ2v) is 8.18. The number of ether oxygens (including phenoxy) is 2. The van der Waals surface area contributed by atoms with E-state index in [1.165, 1.54) is 5.56 Å². The summed E-state index contributed by atoms with van der Waals surface area (Å²) in [6.07, 6.45) is 3.79. The summed E-state index contributed by atoms with van der Waals surface area (Å²) in [5.74, 6) is 2.75. The first kappa shape index (κ1) is 24.8. The van der Waals surface area contributed by atoms with Gasteiger partial charge in [0.05, 0.1) is 13.7 Å². The molecule has 1 aliphatic rings. The minimum absolute atomic E-state index is 0.0682. The molecule has 0 radical (unpaired) electrons. The molecular weight excluding hydrogens is 392 g/mol. The van der Waals surface area contributed by atoms with Gasteiger partial charge in [-0.15, -0.1) is 0 Å². The zero-order valence-electron chi connectivity index (χ0n) is 19.9. The number of carbonyl (C=O) groups excluding carboxylic acids is 1. The molecule has 1 aromatic carbocycles. The number of carbonyl (C=O) groups is 1. The van der Waals surface area contributed by atoms with Gasteiger partial charge in [0.25, 0.3) is 0 Å². The van der Waals surface area contributed by atoms with Gasteiger partial charge in [0.2, 0.25) is 5.91 Å². The first-order chi connectivity index (χ1) is 15.0. The topological polar surface area (TPSA) is 75.2 Å². The first-order valence-electron chi connectivity index (χ1n) is 11.6. The largest absolute Gasteiger partial charge is 0.493 e. The van der Waals surface area contributed by atoms with E-state index in [2.05, 4.69) is 29.7 Å². The van der Waals surface area contributed by atoms with Gasteiger partial charge >= 0.3 is 0 Å². The van der Waals surface area contributed by atoms with Crippen LogP contribution in [0.4, 0.5) is 0 Å². The van der Waals surface area contributed by atoms with Gasteiger partial charge in [0.15, 0.2) is 17.5 Å². The number of methoxy groups -OCH3 is 1. The fraction of sp³-hybridized carbons (Fsp3) is 0.667. The number of hydrogen-bond acceptors (Lipinski definition) is 4. The molecule has 0 aromatic heterocycles. The Morgan fingerprint density at radius 1 is 1.23 bits per heavy atom. The Bertz CT molecular complexity index is 713. The van der Waals surface area contributed by atoms with E-state index < -0.39 is 0 Å². The van der Waals surface area contributed by atoms with E-state index in [1.807, 2.05) is 31.7 Å². The third kappa shape index (κ3) is 7.96. The lowest BCUT2D eigenvalue weighted by atomic mass is 10.0. The van der Waals surface area contributed by atoms with Gasteiger partial charge in [0, 0.05) is 38.1 Å². The molecule has 1 fully saturated rings. The van der Waals surface area contributed by atoms with Crippen LogP contribution in [-0.4, -0.2) is 62.7 Å². The van der Waals surface area contributed by atoms with Crippen LogP contribution < -0.4 is 20.1 Å². The van der Waals surface area contributed by atoms with Gasteiger partial charge in [-0.3, -0.25) is 9.79 Å². The van der Waals surface area contributed by atoms with Crippen LogP contribution in [0.2, 0.25) is 0 Å². The highest BCUT2D eigenvalue weighted by Gasteiger charge is 2.24. The van der Waals surface area contributed by atoms with E-state index in [0.717, 1.165) is 69.3 Å². The van der Waals surface area contributed by atoms with Crippen molar-refractivity contribution in [1.82, 2.24) is 15.5 Å². The van der Waals surface area contributed by atoms with Crippen LogP contribution in [0.1, 0.15) is 52.5 Å². The lowest BCUT2D eigenvalue weighted by molar-refractivity contribution is -0.135. The fourth-order valence-electron chi connectivity index (χ4n) is 3.74. The molecular formula is C24H40N4O3. The van der Waals surface area contributed by atoms with Crippen LogP contribution in [0.25, 0.3) is 0 Å². The second-order valence-electron chi connectivity index (χ2n) is 8.18. The minimum atomic E-state index is 0.0682. The predicted octanol–water partition coefficient (Wildman–Crippen LogP) is 3.23. The van der Waals surface area contributed by atoms with Crippen LogP contribution in [0.3, 0.4) is 0 Å². The van der Waals surface area contributed by atoms with Gasteiger partial charge in [-0.2, -0.15) is 0 Å². The van der Waals surface area contributed by atoms with Crippen molar-refractivity contribution >= 4 is 11.9 Å². The lowest BCUT2D eigenvalue weighted by Gasteiger charge is -2.34. The number of amides is 1. The number of likely N-dealkylation sites (tertiary alicyclic amines) is 1. The number of aryl methyl sites for hydroxylation is 1. The van der Waals surface area contributed by atoms with Gasteiger partial charge < -0.3 is 25.0 Å². The van der Waals surface area contributed by atoms with E-state index in [0.29, 0.717) is 12.6 Å². The zero-order valence-corrected chi connectivity index (χ0v) is 19.9. The van der Waals surface area contributed by atoms with Crippen molar-refractivity contribution in [1.29, 1.82) is 0 Å². The van der Waals surface area contributed by atoms with Crippen molar-refractivity contribution in [3.05, 3.63) is 23.8 Å². The zero-order chi connectivity index (χ0) is 22.6. The molecule has 174 valence electrons. The average molecular weight is 433 g/mol. The van der Waals surface area contributed by atoms with Crippen molar-refractivity contribution in [2.75, 3.05) is 39.9 Å². The number of guanidine groups is 1. The summed E-state index contributed by atoms with van der Waals surface area (Å²) in [5.41, 5.74) is 1.22. The maximum atomic E-state index is 12.2. The number of nitrogens with one attached hydrogen (secondary N) is 2. The van der Waals surface area contributed by atoms with E-state index in [1.54, 1.807) is 7.11 Å². The highest BCUT2D eigenvalue weighted by molar-refractivity contribution is 5.80. The van der Waals surface area contributed by atoms with Crippen LogP contribution >= 0.6 is 0 Å². The molecule has 1 amide bonds. The van der Waals surface area contributed by atoms with Crippen molar-refractivity contribution in [3.8, 4) is 11.5 Å². The fourth-order valence-corrected chi connectivity index (χ4v) is 3.74. The third-order valence-electron chi connectivity index (χ3n) is 5.41. The summed E-state index contributed by atoms with van der Waals surface area (Å²) < 4.78 is 11.0. The highest BCUT2D eigenvalue weighted by atomic mass is 16.5. The summed E-state index contributed by atoms with van der Waals surface area (Å²) >= 11 is 0. The summed E-state index contributed by atoms with van der Waals surface area (Å²) in [5, 5.41) is 6.89. The normalized spacial score (nSPS) is 15.2. The van der Waals surface area contributed by atoms with Gasteiger partial charge in [0.1, 0.15) is 0 Å². The summed E-state index contributed by atoms with van der Waals surface area (Å²) in [6.45, 7) is 11.8. The van der Waals surface area contributed by atoms with Crippen molar-refractivity contribution in [2.24, 2.45) is 10.9 Å². The molecule has 0 saturated carbocycles. The Hall–Kier alpha value is -2.44. The molecule has 7 heteroatoms. The maximum absolute atomic E-state index is 12.2. The van der Waals surface area contributed by atoms with Crippen molar-refractivity contribution in [3.63, 3.8) is 0 Å². The summed E-state index contributed by atoms with van der Waals surface area (Å²) in [4.78, 5) is 18.9. The predicted molar refractivity (Wildman–Crippen MR) is 126 cm³/mol. The molecule has 2 rings (SSSR count).